The minimum atomic E-state index is -2.88. The van der Waals surface area contributed by atoms with Crippen molar-refractivity contribution < 1.29 is 13.6 Å². The summed E-state index contributed by atoms with van der Waals surface area (Å²) in [6.07, 6.45) is 4.10. The maximum Gasteiger partial charge on any atom is 0.330 e. The molecule has 0 aliphatic carbocycles. The van der Waals surface area contributed by atoms with Gasteiger partial charge in [0.2, 0.25) is 0 Å². The molecule has 0 aliphatic heterocycles. The lowest BCUT2D eigenvalue weighted by atomic mass is 10.2. The zero-order chi connectivity index (χ0) is 12.6. The molecule has 0 aliphatic rings. The zero-order valence-corrected chi connectivity index (χ0v) is 12.3. The van der Waals surface area contributed by atoms with E-state index in [1.165, 1.54) is 0 Å². The van der Waals surface area contributed by atoms with Crippen LogP contribution >= 0.6 is 7.60 Å². The fraction of sp³-hybridized carbons (Fsp3) is 1.00. The molecule has 98 valence electrons. The molecule has 0 heterocycles. The van der Waals surface area contributed by atoms with Gasteiger partial charge in [-0.25, -0.2) is 0 Å². The van der Waals surface area contributed by atoms with Crippen LogP contribution in [0.1, 0.15) is 60.3 Å². The van der Waals surface area contributed by atoms with Crippen molar-refractivity contribution in [2.24, 2.45) is 0 Å². The molecular formula is C12H27O3P. The molecule has 0 radical (unpaired) electrons. The lowest BCUT2D eigenvalue weighted by Crippen LogP contribution is -2.15. The van der Waals surface area contributed by atoms with E-state index in [9.17, 15) is 4.57 Å². The Labute approximate surface area is 100 Å². The van der Waals surface area contributed by atoms with Gasteiger partial charge in [0.15, 0.2) is 0 Å². The predicted molar refractivity (Wildman–Crippen MR) is 69.1 cm³/mol. The van der Waals surface area contributed by atoms with Gasteiger partial charge >= 0.3 is 7.60 Å². The molecule has 0 aromatic heterocycles. The van der Waals surface area contributed by atoms with Gasteiger partial charge in [-0.3, -0.25) is 4.57 Å². The predicted octanol–water partition coefficient (Wildman–Crippen LogP) is 4.61. The first-order valence-electron chi connectivity index (χ1n) is 6.50. The Bertz CT molecular complexity index is 192. The molecule has 0 saturated carbocycles. The summed E-state index contributed by atoms with van der Waals surface area (Å²) in [4.78, 5) is 0. The zero-order valence-electron chi connectivity index (χ0n) is 11.4. The lowest BCUT2D eigenvalue weighted by molar-refractivity contribution is 0.105. The minimum Gasteiger partial charge on any atom is -0.305 e. The van der Waals surface area contributed by atoms with Crippen LogP contribution in [0, 0.1) is 0 Å². The van der Waals surface area contributed by atoms with E-state index >= 15 is 0 Å². The van der Waals surface area contributed by atoms with Crippen LogP contribution < -0.4 is 0 Å². The molecule has 4 heteroatoms. The lowest BCUT2D eigenvalue weighted by Gasteiger charge is -2.26. The highest BCUT2D eigenvalue weighted by Crippen LogP contribution is 2.51. The number of hydrogen-bond acceptors (Lipinski definition) is 3. The molecule has 16 heavy (non-hydrogen) atoms. The molecule has 0 unspecified atom stereocenters. The van der Waals surface area contributed by atoms with Crippen molar-refractivity contribution in [2.45, 2.75) is 72.5 Å². The highest BCUT2D eigenvalue weighted by atomic mass is 31.2. The molecule has 0 saturated heterocycles. The number of rotatable bonds is 9. The second kappa shape index (κ2) is 8.27. The summed E-state index contributed by atoms with van der Waals surface area (Å²) in [5, 5.41) is 0. The van der Waals surface area contributed by atoms with Crippen LogP contribution in [0.5, 0.6) is 0 Å². The summed E-state index contributed by atoms with van der Waals surface area (Å²) in [6.45, 7) is 10.1. The molecule has 0 bridgehead atoms. The third kappa shape index (κ3) is 5.47. The molecule has 3 nitrogen and oxygen atoms in total. The Morgan fingerprint density at radius 1 is 0.812 bits per heavy atom. The van der Waals surface area contributed by atoms with Crippen LogP contribution in [0.25, 0.3) is 0 Å². The standard InChI is InChI=1S/C12H27O3P/c1-6-11(7-2)14-16(13,10-5)15-12(8-3)9-4/h11-12H,6-10H2,1-5H3. The average Bonchev–Trinajstić information content (AvgIpc) is 2.33. The van der Waals surface area contributed by atoms with Gasteiger partial charge in [-0.05, 0) is 25.7 Å². The highest BCUT2D eigenvalue weighted by Gasteiger charge is 2.28. The van der Waals surface area contributed by atoms with Crippen LogP contribution in [0.3, 0.4) is 0 Å². The van der Waals surface area contributed by atoms with Crippen LogP contribution in [-0.2, 0) is 13.6 Å². The molecule has 0 atom stereocenters. The van der Waals surface area contributed by atoms with Gasteiger partial charge in [0.25, 0.3) is 0 Å². The van der Waals surface area contributed by atoms with E-state index in [2.05, 4.69) is 0 Å². The molecule has 0 amide bonds. The normalized spacial score (nSPS) is 12.7. The van der Waals surface area contributed by atoms with Crippen molar-refractivity contribution in [1.82, 2.24) is 0 Å². The van der Waals surface area contributed by atoms with Crippen molar-refractivity contribution in [3.8, 4) is 0 Å². The van der Waals surface area contributed by atoms with Crippen molar-refractivity contribution in [1.29, 1.82) is 0 Å². The molecule has 0 spiro atoms. The van der Waals surface area contributed by atoms with E-state index in [0.717, 1.165) is 25.7 Å². The molecule has 0 N–H and O–H groups in total. The smallest absolute Gasteiger partial charge is 0.305 e. The molecular weight excluding hydrogens is 223 g/mol. The van der Waals surface area contributed by atoms with Gasteiger partial charge in [-0.2, -0.15) is 0 Å². The highest BCUT2D eigenvalue weighted by molar-refractivity contribution is 7.53. The maximum atomic E-state index is 12.4. The van der Waals surface area contributed by atoms with Crippen LogP contribution in [0.15, 0.2) is 0 Å². The second-order valence-electron chi connectivity index (χ2n) is 4.01. The SMILES string of the molecule is CCC(CC)OP(=O)(CC)OC(CC)CC. The second-order valence-corrected chi connectivity index (χ2v) is 6.29. The van der Waals surface area contributed by atoms with E-state index in [1.807, 2.05) is 34.6 Å². The maximum absolute atomic E-state index is 12.4. The van der Waals surface area contributed by atoms with E-state index in [-0.39, 0.29) is 12.2 Å². The summed E-state index contributed by atoms with van der Waals surface area (Å²) in [5.74, 6) is 0. The average molecular weight is 250 g/mol. The van der Waals surface area contributed by atoms with Gasteiger partial charge in [0, 0.05) is 6.16 Å². The summed E-state index contributed by atoms with van der Waals surface area (Å²) >= 11 is 0. The van der Waals surface area contributed by atoms with Gasteiger partial charge in [0.1, 0.15) is 0 Å². The first-order valence-corrected chi connectivity index (χ1v) is 8.23. The quantitative estimate of drug-likeness (QED) is 0.560. The third-order valence-electron chi connectivity index (χ3n) is 2.83. The Kier molecular flexibility index (Phi) is 8.35. The van der Waals surface area contributed by atoms with Gasteiger partial charge in [0.05, 0.1) is 12.2 Å². The first kappa shape index (κ1) is 16.1. The Morgan fingerprint density at radius 3 is 1.31 bits per heavy atom. The fourth-order valence-electron chi connectivity index (χ4n) is 1.50. The van der Waals surface area contributed by atoms with Gasteiger partial charge in [-0.15, -0.1) is 0 Å². The van der Waals surface area contributed by atoms with Crippen molar-refractivity contribution in [2.75, 3.05) is 6.16 Å². The fourth-order valence-corrected chi connectivity index (χ4v) is 3.36. The number of hydrogen-bond donors (Lipinski definition) is 0. The van der Waals surface area contributed by atoms with Crippen molar-refractivity contribution >= 4 is 7.60 Å². The Hall–Kier alpha value is 0.150. The third-order valence-corrected chi connectivity index (χ3v) is 4.84. The molecule has 0 rings (SSSR count). The minimum absolute atomic E-state index is 0.0557. The van der Waals surface area contributed by atoms with Crippen LogP contribution in [0.2, 0.25) is 0 Å². The molecule has 0 aromatic carbocycles. The van der Waals surface area contributed by atoms with Crippen molar-refractivity contribution in [3.05, 3.63) is 0 Å². The van der Waals surface area contributed by atoms with E-state index in [1.54, 1.807) is 0 Å². The van der Waals surface area contributed by atoms with Crippen LogP contribution in [0.4, 0.5) is 0 Å². The summed E-state index contributed by atoms with van der Waals surface area (Å²) in [7, 11) is -2.88. The summed E-state index contributed by atoms with van der Waals surface area (Å²) < 4.78 is 23.7. The summed E-state index contributed by atoms with van der Waals surface area (Å²) in [5.41, 5.74) is 0. The van der Waals surface area contributed by atoms with Crippen molar-refractivity contribution in [3.63, 3.8) is 0 Å². The topological polar surface area (TPSA) is 35.5 Å². The first-order chi connectivity index (χ1) is 7.55. The van der Waals surface area contributed by atoms with E-state index < -0.39 is 7.60 Å². The van der Waals surface area contributed by atoms with E-state index in [0.29, 0.717) is 6.16 Å². The van der Waals surface area contributed by atoms with Gasteiger partial charge < -0.3 is 9.05 Å². The molecule has 0 aromatic rings. The largest absolute Gasteiger partial charge is 0.330 e. The monoisotopic (exact) mass is 250 g/mol. The van der Waals surface area contributed by atoms with E-state index in [4.69, 9.17) is 9.05 Å². The summed E-state index contributed by atoms with van der Waals surface area (Å²) in [6, 6.07) is 0. The Balaban J connectivity index is 4.45. The van der Waals surface area contributed by atoms with Crippen LogP contribution in [-0.4, -0.2) is 18.4 Å². The van der Waals surface area contributed by atoms with Gasteiger partial charge in [-0.1, -0.05) is 34.6 Å². The Morgan fingerprint density at radius 2 is 1.12 bits per heavy atom. The molecule has 0 fully saturated rings.